The van der Waals surface area contributed by atoms with Crippen LogP contribution in [0.2, 0.25) is 0 Å². The molecule has 2 aromatic carbocycles. The molecule has 144 valence electrons. The molecule has 0 aliphatic carbocycles. The molecule has 0 aromatic heterocycles. The number of methoxy groups -OCH3 is 2. The number of hydrogen-bond donors (Lipinski definition) is 0. The highest BCUT2D eigenvalue weighted by atomic mass is 19.1. The molecule has 2 aromatic rings. The van der Waals surface area contributed by atoms with E-state index in [1.54, 1.807) is 18.2 Å². The fourth-order valence-electron chi connectivity index (χ4n) is 3.31. The first-order chi connectivity index (χ1) is 13.5. The smallest absolute Gasteiger partial charge is 0.279 e. The van der Waals surface area contributed by atoms with Crippen LogP contribution < -0.4 is 14.4 Å². The molecule has 4 rings (SSSR count). The molecule has 28 heavy (non-hydrogen) atoms. The maximum atomic E-state index is 14.2. The van der Waals surface area contributed by atoms with Crippen LogP contribution in [0, 0.1) is 17.6 Å². The van der Waals surface area contributed by atoms with Gasteiger partial charge < -0.3 is 14.3 Å². The van der Waals surface area contributed by atoms with Crippen LogP contribution in [0.4, 0.5) is 14.5 Å². The zero-order chi connectivity index (χ0) is 20.0. The van der Waals surface area contributed by atoms with E-state index in [1.165, 1.54) is 14.2 Å². The number of amides is 2. The lowest BCUT2D eigenvalue weighted by atomic mass is 9.93. The number of rotatable bonds is 4. The van der Waals surface area contributed by atoms with Gasteiger partial charge in [-0.25, -0.2) is 13.7 Å². The van der Waals surface area contributed by atoms with Crippen molar-refractivity contribution in [2.75, 3.05) is 19.1 Å². The fraction of sp³-hybridized carbons (Fsp3) is 0.211. The van der Waals surface area contributed by atoms with Crippen molar-refractivity contribution in [3.05, 3.63) is 53.6 Å². The van der Waals surface area contributed by atoms with E-state index >= 15 is 0 Å². The zero-order valence-electron chi connectivity index (χ0n) is 14.8. The summed E-state index contributed by atoms with van der Waals surface area (Å²) < 4.78 is 37.8. The molecule has 0 spiro atoms. The van der Waals surface area contributed by atoms with Crippen LogP contribution in [-0.4, -0.2) is 37.8 Å². The first-order valence-electron chi connectivity index (χ1n) is 8.25. The Morgan fingerprint density at radius 2 is 1.82 bits per heavy atom. The number of carbonyl (C=O) groups excluding carboxylic acids is 2. The standard InChI is InChI=1S/C19H14F2N2O5/c1-26-10-4-5-11(14(8-10)27-2)16-15-17(28-22-16)19(25)23(18(15)24)13-6-3-9(20)7-12(13)21/h3-8,15,17H,1-2H3/t15-,17+/m0/s1. The molecule has 9 heteroatoms. The summed E-state index contributed by atoms with van der Waals surface area (Å²) in [6.07, 6.45) is -1.22. The van der Waals surface area contributed by atoms with Gasteiger partial charge in [-0.2, -0.15) is 0 Å². The zero-order valence-corrected chi connectivity index (χ0v) is 14.8. The SMILES string of the molecule is COc1ccc(C2=NO[C@H]3C(=O)N(c4ccc(F)cc4F)C(=O)[C@@H]23)c(OC)c1. The van der Waals surface area contributed by atoms with Crippen molar-refractivity contribution in [2.45, 2.75) is 6.10 Å². The minimum atomic E-state index is -1.22. The van der Waals surface area contributed by atoms with Gasteiger partial charge in [-0.05, 0) is 24.3 Å². The Kier molecular flexibility index (Phi) is 4.21. The minimum Gasteiger partial charge on any atom is -0.497 e. The number of benzene rings is 2. The Morgan fingerprint density at radius 1 is 1.04 bits per heavy atom. The number of nitrogens with zero attached hydrogens (tertiary/aromatic N) is 2. The predicted molar refractivity (Wildman–Crippen MR) is 93.3 cm³/mol. The van der Waals surface area contributed by atoms with Crippen molar-refractivity contribution in [3.8, 4) is 11.5 Å². The van der Waals surface area contributed by atoms with Crippen LogP contribution in [-0.2, 0) is 14.4 Å². The normalized spacial score (nSPS) is 20.7. The number of carbonyl (C=O) groups is 2. The summed E-state index contributed by atoms with van der Waals surface area (Å²) in [4.78, 5) is 31.5. The lowest BCUT2D eigenvalue weighted by Gasteiger charge is -2.16. The number of oxime groups is 1. The number of fused-ring (bicyclic) bond motifs is 1. The number of ether oxygens (including phenoxy) is 2. The van der Waals surface area contributed by atoms with Crippen molar-refractivity contribution in [2.24, 2.45) is 11.1 Å². The van der Waals surface area contributed by atoms with Crippen molar-refractivity contribution >= 4 is 23.2 Å². The molecule has 0 saturated carbocycles. The molecule has 0 unspecified atom stereocenters. The molecule has 0 bridgehead atoms. The second-order valence-corrected chi connectivity index (χ2v) is 6.15. The lowest BCUT2D eigenvalue weighted by Crippen LogP contribution is -2.34. The van der Waals surface area contributed by atoms with E-state index in [4.69, 9.17) is 14.3 Å². The molecule has 1 saturated heterocycles. The largest absolute Gasteiger partial charge is 0.497 e. The molecule has 7 nitrogen and oxygen atoms in total. The summed E-state index contributed by atoms with van der Waals surface area (Å²) >= 11 is 0. The van der Waals surface area contributed by atoms with Crippen molar-refractivity contribution < 1.29 is 32.7 Å². The van der Waals surface area contributed by atoms with Gasteiger partial charge in [0.2, 0.25) is 12.0 Å². The average Bonchev–Trinajstić information content (AvgIpc) is 3.22. The van der Waals surface area contributed by atoms with Gasteiger partial charge in [-0.15, -0.1) is 0 Å². The highest BCUT2D eigenvalue weighted by Crippen LogP contribution is 2.38. The molecule has 2 amide bonds. The van der Waals surface area contributed by atoms with Gasteiger partial charge in [0, 0.05) is 17.7 Å². The van der Waals surface area contributed by atoms with Gasteiger partial charge in [0.15, 0.2) is 0 Å². The topological polar surface area (TPSA) is 77.4 Å². The summed E-state index contributed by atoms with van der Waals surface area (Å²) in [6.45, 7) is 0. The van der Waals surface area contributed by atoms with Crippen LogP contribution in [0.5, 0.6) is 11.5 Å². The molecule has 2 atom stereocenters. The second kappa shape index (κ2) is 6.59. The molecule has 1 fully saturated rings. The summed E-state index contributed by atoms with van der Waals surface area (Å²) in [5, 5.41) is 3.89. The highest BCUT2D eigenvalue weighted by molar-refractivity contribution is 6.32. The molecule has 0 radical (unpaired) electrons. The highest BCUT2D eigenvalue weighted by Gasteiger charge is 2.57. The minimum absolute atomic E-state index is 0.188. The van der Waals surface area contributed by atoms with E-state index in [0.29, 0.717) is 28.0 Å². The van der Waals surface area contributed by atoms with Crippen LogP contribution in [0.25, 0.3) is 0 Å². The number of halogens is 2. The maximum absolute atomic E-state index is 14.2. The monoisotopic (exact) mass is 388 g/mol. The molecular formula is C19H14F2N2O5. The Bertz CT molecular complexity index is 1020. The third kappa shape index (κ3) is 2.58. The van der Waals surface area contributed by atoms with Crippen LogP contribution in [0.15, 0.2) is 41.6 Å². The predicted octanol–water partition coefficient (Wildman–Crippen LogP) is 2.27. The first-order valence-corrected chi connectivity index (χ1v) is 8.25. The van der Waals surface area contributed by atoms with Gasteiger partial charge in [0.25, 0.3) is 5.91 Å². The number of hydrogen-bond acceptors (Lipinski definition) is 6. The van der Waals surface area contributed by atoms with E-state index in [0.717, 1.165) is 12.1 Å². The summed E-state index contributed by atoms with van der Waals surface area (Å²) in [6, 6.07) is 7.48. The summed E-state index contributed by atoms with van der Waals surface area (Å²) in [5.74, 6) is -3.50. The van der Waals surface area contributed by atoms with Gasteiger partial charge in [-0.1, -0.05) is 5.16 Å². The fourth-order valence-corrected chi connectivity index (χ4v) is 3.31. The maximum Gasteiger partial charge on any atom is 0.279 e. The molecule has 0 N–H and O–H groups in total. The number of anilines is 1. The van der Waals surface area contributed by atoms with Crippen molar-refractivity contribution in [1.29, 1.82) is 0 Å². The molecule has 2 aliphatic heterocycles. The molecule has 2 aliphatic rings. The molecule has 2 heterocycles. The summed E-state index contributed by atoms with van der Waals surface area (Å²) in [5.41, 5.74) is 0.293. The van der Waals surface area contributed by atoms with Gasteiger partial charge in [-0.3, -0.25) is 9.59 Å². The third-order valence-electron chi connectivity index (χ3n) is 4.65. The third-order valence-corrected chi connectivity index (χ3v) is 4.65. The Morgan fingerprint density at radius 3 is 2.50 bits per heavy atom. The first kappa shape index (κ1) is 17.9. The Balaban J connectivity index is 1.73. The van der Waals surface area contributed by atoms with Gasteiger partial charge >= 0.3 is 0 Å². The van der Waals surface area contributed by atoms with Crippen LogP contribution >= 0.6 is 0 Å². The quantitative estimate of drug-likeness (QED) is 0.751. The Labute approximate surface area is 158 Å². The van der Waals surface area contributed by atoms with Crippen molar-refractivity contribution in [1.82, 2.24) is 0 Å². The van der Waals surface area contributed by atoms with Crippen LogP contribution in [0.3, 0.4) is 0 Å². The Hall–Kier alpha value is -3.49. The number of imide groups is 1. The van der Waals surface area contributed by atoms with Gasteiger partial charge in [0.05, 0.1) is 19.9 Å². The second-order valence-electron chi connectivity index (χ2n) is 6.15. The summed E-state index contributed by atoms with van der Waals surface area (Å²) in [7, 11) is 2.93. The average molecular weight is 388 g/mol. The van der Waals surface area contributed by atoms with Crippen molar-refractivity contribution in [3.63, 3.8) is 0 Å². The van der Waals surface area contributed by atoms with Gasteiger partial charge in [0.1, 0.15) is 34.8 Å². The van der Waals surface area contributed by atoms with Crippen LogP contribution in [0.1, 0.15) is 5.56 Å². The molecular weight excluding hydrogens is 374 g/mol. The van der Waals surface area contributed by atoms with E-state index in [-0.39, 0.29) is 11.4 Å². The van der Waals surface area contributed by atoms with E-state index in [9.17, 15) is 18.4 Å². The lowest BCUT2D eigenvalue weighted by molar-refractivity contribution is -0.126. The van der Waals surface area contributed by atoms with E-state index < -0.39 is 35.5 Å². The van der Waals surface area contributed by atoms with E-state index in [2.05, 4.69) is 5.16 Å². The van der Waals surface area contributed by atoms with E-state index in [1.807, 2.05) is 0 Å².